The second-order valence-corrected chi connectivity index (χ2v) is 10.4. The zero-order chi connectivity index (χ0) is 33.0. The van der Waals surface area contributed by atoms with Gasteiger partial charge in [0, 0.05) is 28.2 Å². The molecule has 6 aromatic rings. The maximum absolute atomic E-state index is 13.6. The largest absolute Gasteiger partial charge is 0.497 e. The Hall–Kier alpha value is -5.52. The van der Waals surface area contributed by atoms with E-state index < -0.39 is 51.6 Å². The van der Waals surface area contributed by atoms with Gasteiger partial charge in [-0.05, 0) is 65.7 Å². The van der Waals surface area contributed by atoms with Crippen molar-refractivity contribution < 1.29 is 31.1 Å². The summed E-state index contributed by atoms with van der Waals surface area (Å²) in [7, 11) is 1.46. The van der Waals surface area contributed by atoms with Gasteiger partial charge in [-0.3, -0.25) is 19.6 Å². The summed E-state index contributed by atoms with van der Waals surface area (Å²) in [5.74, 6) is -0.635. The first-order valence-electron chi connectivity index (χ1n) is 13.6. The predicted octanol–water partition coefficient (Wildman–Crippen LogP) is 7.99. The maximum Gasteiger partial charge on any atom is 0.416 e. The Kier molecular flexibility index (Phi) is 7.38. The minimum Gasteiger partial charge on any atom is -0.497 e. The lowest BCUT2D eigenvalue weighted by atomic mass is 9.82. The van der Waals surface area contributed by atoms with Crippen LogP contribution in [0, 0.1) is 0 Å². The topological polar surface area (TPSA) is 81.2 Å². The monoisotopic (exact) mass is 633 g/mol. The molecule has 0 amide bonds. The summed E-state index contributed by atoms with van der Waals surface area (Å²) < 4.78 is 86.9. The summed E-state index contributed by atoms with van der Waals surface area (Å²) in [6, 6.07) is 16.2. The molecule has 0 aliphatic rings. The average molecular weight is 634 g/mol. The number of rotatable bonds is 7. The van der Waals surface area contributed by atoms with Crippen LogP contribution < -0.4 is 20.9 Å². The smallest absolute Gasteiger partial charge is 0.416 e. The third-order valence-corrected chi connectivity index (χ3v) is 7.69. The second-order valence-electron chi connectivity index (χ2n) is 10.4. The molecule has 0 fully saturated rings. The summed E-state index contributed by atoms with van der Waals surface area (Å²) in [6.45, 7) is 3.81. The molecule has 6 rings (SSSR count). The molecule has 0 aliphatic carbocycles. The van der Waals surface area contributed by atoms with Crippen LogP contribution in [-0.2, 0) is 12.4 Å². The molecule has 2 aromatic heterocycles. The van der Waals surface area contributed by atoms with Crippen LogP contribution in [0.25, 0.3) is 27.9 Å². The van der Waals surface area contributed by atoms with Crippen molar-refractivity contribution in [1.82, 2.24) is 9.97 Å². The zero-order valence-electron chi connectivity index (χ0n) is 23.8. The molecule has 1 atom stereocenters. The lowest BCUT2D eigenvalue weighted by Crippen LogP contribution is -2.40. The molecule has 0 radical (unpaired) electrons. The van der Waals surface area contributed by atoms with Crippen molar-refractivity contribution in [2.75, 3.05) is 12.4 Å². The number of methoxy groups -OCH3 is 1. The third kappa shape index (κ3) is 5.35. The highest BCUT2D eigenvalue weighted by molar-refractivity contribution is 5.89. The number of hydrogen-bond acceptors (Lipinski definition) is 6. The number of fused-ring (bicyclic) bond motifs is 2. The van der Waals surface area contributed by atoms with Crippen LogP contribution in [0.3, 0.4) is 0 Å². The highest BCUT2D eigenvalue weighted by Gasteiger charge is 2.38. The van der Waals surface area contributed by atoms with Crippen LogP contribution in [0.4, 0.5) is 37.7 Å². The van der Waals surface area contributed by atoms with Gasteiger partial charge >= 0.3 is 12.4 Å². The van der Waals surface area contributed by atoms with Crippen LogP contribution >= 0.6 is 0 Å². The summed E-state index contributed by atoms with van der Waals surface area (Å²) in [6.07, 6.45) is -7.11. The number of pyridine rings is 2. The van der Waals surface area contributed by atoms with Crippen molar-refractivity contribution in [1.29, 1.82) is 0 Å². The summed E-state index contributed by atoms with van der Waals surface area (Å²) in [4.78, 5) is 35.5. The minimum absolute atomic E-state index is 0.0238. The molecule has 4 aromatic carbocycles. The van der Waals surface area contributed by atoms with E-state index in [-0.39, 0.29) is 11.6 Å². The maximum atomic E-state index is 13.6. The first-order chi connectivity index (χ1) is 21.8. The Labute approximate surface area is 256 Å². The summed E-state index contributed by atoms with van der Waals surface area (Å²) in [5, 5.41) is 3.67. The SMILES string of the molecule is C=Cc1cccc2nc([C@@H](c3c(Nc4cc(C(F)(F)F)cc(C(F)(F)F)c4)c(=O)c3=O)c3ccnc4ccc(OC)cc34)ccc12. The molecule has 2 heterocycles. The molecule has 0 saturated carbocycles. The average Bonchev–Trinajstić information content (AvgIpc) is 3.04. The molecule has 46 heavy (non-hydrogen) atoms. The van der Waals surface area contributed by atoms with Crippen LogP contribution in [0.2, 0.25) is 0 Å². The van der Waals surface area contributed by atoms with Gasteiger partial charge in [-0.2, -0.15) is 26.3 Å². The van der Waals surface area contributed by atoms with E-state index in [2.05, 4.69) is 16.9 Å². The Bertz CT molecular complexity index is 2200. The van der Waals surface area contributed by atoms with Crippen LogP contribution in [0.15, 0.2) is 95.2 Å². The molecule has 0 saturated heterocycles. The van der Waals surface area contributed by atoms with Gasteiger partial charge in [0.15, 0.2) is 0 Å². The minimum atomic E-state index is -5.12. The van der Waals surface area contributed by atoms with Gasteiger partial charge in [0.25, 0.3) is 0 Å². The highest BCUT2D eigenvalue weighted by Crippen LogP contribution is 2.41. The number of anilines is 2. The molecule has 6 nitrogen and oxygen atoms in total. The number of nitrogens with one attached hydrogen (secondary N) is 1. The Morgan fingerprint density at radius 2 is 1.54 bits per heavy atom. The number of halogens is 6. The highest BCUT2D eigenvalue weighted by atomic mass is 19.4. The Morgan fingerprint density at radius 1 is 0.826 bits per heavy atom. The van der Waals surface area contributed by atoms with Gasteiger partial charge in [0.05, 0.1) is 46.6 Å². The van der Waals surface area contributed by atoms with Gasteiger partial charge in [0.1, 0.15) is 5.75 Å². The molecule has 232 valence electrons. The van der Waals surface area contributed by atoms with E-state index >= 15 is 0 Å². The van der Waals surface area contributed by atoms with Gasteiger partial charge in [-0.25, -0.2) is 0 Å². The quantitative estimate of drug-likeness (QED) is 0.142. The van der Waals surface area contributed by atoms with Gasteiger partial charge in [0.2, 0.25) is 10.9 Å². The van der Waals surface area contributed by atoms with E-state index in [1.165, 1.54) is 13.3 Å². The van der Waals surface area contributed by atoms with E-state index in [9.17, 15) is 35.9 Å². The fourth-order valence-corrected chi connectivity index (χ4v) is 5.50. The van der Waals surface area contributed by atoms with Gasteiger partial charge in [-0.15, -0.1) is 0 Å². The van der Waals surface area contributed by atoms with E-state index in [0.29, 0.717) is 45.6 Å². The fourth-order valence-electron chi connectivity index (χ4n) is 5.50. The van der Waals surface area contributed by atoms with Crippen LogP contribution in [0.5, 0.6) is 5.75 Å². The summed E-state index contributed by atoms with van der Waals surface area (Å²) >= 11 is 0. The van der Waals surface area contributed by atoms with Crippen molar-refractivity contribution in [2.45, 2.75) is 18.3 Å². The fraction of sp³-hybridized carbons (Fsp3) is 0.118. The van der Waals surface area contributed by atoms with Crippen molar-refractivity contribution in [3.63, 3.8) is 0 Å². The number of aromatic nitrogens is 2. The Balaban J connectivity index is 1.59. The number of nitrogens with zero attached hydrogens (tertiary/aromatic N) is 2. The Morgan fingerprint density at radius 3 is 2.20 bits per heavy atom. The zero-order valence-corrected chi connectivity index (χ0v) is 23.8. The molecule has 1 N–H and O–H groups in total. The first-order valence-corrected chi connectivity index (χ1v) is 13.6. The molecule has 0 unspecified atom stereocenters. The first kappa shape index (κ1) is 30.5. The lowest BCUT2D eigenvalue weighted by molar-refractivity contribution is -0.143. The molecular weight excluding hydrogens is 612 g/mol. The normalized spacial score (nSPS) is 12.8. The second kappa shape index (κ2) is 11.1. The van der Waals surface area contributed by atoms with Crippen molar-refractivity contribution in [2.24, 2.45) is 0 Å². The van der Waals surface area contributed by atoms with Crippen LogP contribution in [-0.4, -0.2) is 17.1 Å². The predicted molar refractivity (Wildman–Crippen MR) is 162 cm³/mol. The van der Waals surface area contributed by atoms with E-state index in [1.54, 1.807) is 54.6 Å². The standard InChI is InChI=1S/C34H21F6N3O3/c1-3-17-5-4-6-26-22(17)8-10-27(43-26)28(23-11-12-41-25-9-7-21(46-2)16-24(23)25)29-30(32(45)31(29)44)42-20-14-18(33(35,36)37)13-19(15-20)34(38,39)40/h3-16,28,42H,1H2,2H3/t28-/m0/s1. The van der Waals surface area contributed by atoms with Crippen LogP contribution in [0.1, 0.15) is 39.4 Å². The molecule has 0 aliphatic heterocycles. The van der Waals surface area contributed by atoms with Crippen molar-refractivity contribution >= 4 is 39.3 Å². The van der Waals surface area contributed by atoms with Crippen molar-refractivity contribution in [3.05, 3.63) is 140 Å². The third-order valence-electron chi connectivity index (χ3n) is 7.69. The number of alkyl halides is 6. The number of ether oxygens (including phenoxy) is 1. The van der Waals surface area contributed by atoms with E-state index in [4.69, 9.17) is 9.72 Å². The van der Waals surface area contributed by atoms with Crippen molar-refractivity contribution in [3.8, 4) is 5.75 Å². The van der Waals surface area contributed by atoms with Gasteiger partial charge in [-0.1, -0.05) is 30.9 Å². The molecular formula is C34H21F6N3O3. The van der Waals surface area contributed by atoms with E-state index in [0.717, 1.165) is 10.9 Å². The van der Waals surface area contributed by atoms with E-state index in [1.807, 2.05) is 6.07 Å². The number of benzene rings is 3. The molecule has 0 bridgehead atoms. The lowest BCUT2D eigenvalue weighted by Gasteiger charge is -2.24. The summed E-state index contributed by atoms with van der Waals surface area (Å²) in [5.41, 5.74) is -3.98. The number of hydrogen-bond donors (Lipinski definition) is 1. The van der Waals surface area contributed by atoms with Gasteiger partial charge < -0.3 is 10.1 Å². The molecule has 0 spiro atoms. The molecule has 12 heteroatoms.